The van der Waals surface area contributed by atoms with E-state index in [0.717, 1.165) is 121 Å². The summed E-state index contributed by atoms with van der Waals surface area (Å²) in [4.78, 5) is 5.11. The fraction of sp³-hybridized carbons (Fsp3) is 0.130. The summed E-state index contributed by atoms with van der Waals surface area (Å²) in [5, 5.41) is 0. The Labute approximate surface area is 701 Å². The molecule has 16 aromatic rings. The summed E-state index contributed by atoms with van der Waals surface area (Å²) in [6.45, 7) is 9.25. The molecule has 0 bridgehead atoms. The number of benzene rings is 16. The van der Waals surface area contributed by atoms with Crippen molar-refractivity contribution in [1.82, 2.24) is 0 Å². The average molecular weight is 1540 g/mol. The van der Waals surface area contributed by atoms with Gasteiger partial charge in [-0.25, -0.2) is 0 Å². The van der Waals surface area contributed by atoms with Crippen LogP contribution in [0.25, 0.3) is 78.9 Å². The van der Waals surface area contributed by atoms with E-state index in [1.807, 2.05) is 36.4 Å². The molecular formula is C115H94N2O2. The van der Waals surface area contributed by atoms with Crippen LogP contribution >= 0.6 is 0 Å². The number of nitrogens with zero attached hydrogens (tertiary/aromatic N) is 2. The number of hydrogen-bond donors (Lipinski definition) is 0. The van der Waals surface area contributed by atoms with Gasteiger partial charge in [-0.2, -0.15) is 0 Å². The summed E-state index contributed by atoms with van der Waals surface area (Å²) < 4.78 is 12.6. The third kappa shape index (κ3) is 13.1. The molecule has 0 N–H and O–H groups in total. The third-order valence-corrected chi connectivity index (χ3v) is 26.0. The lowest BCUT2D eigenvalue weighted by Crippen LogP contribution is -2.27. The maximum absolute atomic E-state index is 6.28. The fourth-order valence-corrected chi connectivity index (χ4v) is 20.5. The molecule has 4 nitrogen and oxygen atoms in total. The van der Waals surface area contributed by atoms with Crippen LogP contribution in [-0.2, 0) is 16.2 Å². The van der Waals surface area contributed by atoms with Crippen molar-refractivity contribution in [2.24, 2.45) is 0 Å². The minimum atomic E-state index is -0.730. The van der Waals surface area contributed by atoms with Crippen molar-refractivity contribution in [1.29, 1.82) is 0 Å². The van der Waals surface area contributed by atoms with E-state index in [2.05, 4.69) is 387 Å². The fourth-order valence-electron chi connectivity index (χ4n) is 20.5. The topological polar surface area (TPSA) is 24.9 Å². The van der Waals surface area contributed by atoms with E-state index in [1.54, 1.807) is 0 Å². The van der Waals surface area contributed by atoms with Crippen LogP contribution in [0.5, 0.6) is 11.5 Å². The first-order valence-electron chi connectivity index (χ1n) is 42.6. The Balaban J connectivity index is 0.720. The second-order valence-corrected chi connectivity index (χ2v) is 32.5. The lowest BCUT2D eigenvalue weighted by molar-refractivity contribution is 0.303. The Kier molecular flexibility index (Phi) is 19.9. The summed E-state index contributed by atoms with van der Waals surface area (Å²) in [5.41, 5.74) is 35.2. The van der Waals surface area contributed by atoms with Gasteiger partial charge in [-0.3, -0.25) is 0 Å². The van der Waals surface area contributed by atoms with Crippen molar-refractivity contribution in [3.05, 3.63) is 468 Å². The lowest BCUT2D eigenvalue weighted by Gasteiger charge is -2.35. The summed E-state index contributed by atoms with van der Waals surface area (Å²) >= 11 is 0. The molecule has 2 atom stereocenters. The zero-order valence-electron chi connectivity index (χ0n) is 67.2. The molecule has 2 unspecified atom stereocenters. The van der Waals surface area contributed by atoms with Crippen LogP contribution in [0.1, 0.15) is 131 Å². The molecule has 4 heteroatoms. The van der Waals surface area contributed by atoms with E-state index < -0.39 is 16.2 Å². The van der Waals surface area contributed by atoms with Gasteiger partial charge in [0.1, 0.15) is 11.5 Å². The van der Waals surface area contributed by atoms with E-state index in [4.69, 9.17) is 9.47 Å². The molecule has 20 rings (SSSR count). The molecule has 576 valence electrons. The van der Waals surface area contributed by atoms with Crippen LogP contribution < -0.4 is 19.3 Å². The molecule has 0 radical (unpaired) electrons. The highest BCUT2D eigenvalue weighted by molar-refractivity contribution is 5.99. The van der Waals surface area contributed by atoms with Gasteiger partial charge in [0.25, 0.3) is 0 Å². The van der Waals surface area contributed by atoms with Gasteiger partial charge in [0, 0.05) is 45.0 Å². The van der Waals surface area contributed by atoms with Gasteiger partial charge in [0.15, 0.2) is 0 Å². The van der Waals surface area contributed by atoms with Crippen molar-refractivity contribution >= 4 is 46.3 Å². The molecule has 4 aliphatic carbocycles. The van der Waals surface area contributed by atoms with Gasteiger partial charge in [-0.05, 0) is 256 Å². The number of rotatable bonds is 28. The molecule has 1 spiro atoms. The van der Waals surface area contributed by atoms with E-state index in [0.29, 0.717) is 13.2 Å². The minimum absolute atomic E-state index is 0.418. The predicted octanol–water partition coefficient (Wildman–Crippen LogP) is 30.3. The van der Waals surface area contributed by atoms with Crippen molar-refractivity contribution in [3.8, 4) is 78.3 Å². The first kappa shape index (κ1) is 74.0. The Morgan fingerprint density at radius 2 is 0.504 bits per heavy atom. The number of ether oxygens (including phenoxy) is 2. The Bertz CT molecular complexity index is 6000. The Morgan fingerprint density at radius 3 is 0.866 bits per heavy atom. The molecule has 0 saturated carbocycles. The van der Waals surface area contributed by atoms with Gasteiger partial charge in [-0.1, -0.05) is 355 Å². The second kappa shape index (κ2) is 32.0. The van der Waals surface area contributed by atoms with E-state index >= 15 is 0 Å². The number of hydrogen-bond acceptors (Lipinski definition) is 4. The maximum atomic E-state index is 6.28. The molecule has 4 aliphatic rings. The number of fused-ring (bicyclic) bond motifs is 16. The molecule has 0 amide bonds. The van der Waals surface area contributed by atoms with Crippen LogP contribution in [0.15, 0.2) is 401 Å². The normalized spacial score (nSPS) is 15.8. The van der Waals surface area contributed by atoms with Gasteiger partial charge < -0.3 is 19.3 Å². The van der Waals surface area contributed by atoms with Gasteiger partial charge in [-0.15, -0.1) is 0 Å². The SMILES string of the molecule is C=Cc1ccc(OCCCCCCC2(c3ccccc3)c3ccccc3-c3ccc(N(c4ccc(-c5ccccc5)cc4)c4ccc5c(c4)C4(c6ccccc6-5)c5ccccc5-c5ccc(N(c6ccc(-c7ccccc7)cc6)c6ccc7c(c6)C(CCCCCCOc6ccc(C=C)cc6)(c6ccccc6)c6ccccc6-7)cc54)cc32)cc1. The molecule has 0 saturated heterocycles. The van der Waals surface area contributed by atoms with Crippen molar-refractivity contribution in [2.75, 3.05) is 23.0 Å². The second-order valence-electron chi connectivity index (χ2n) is 32.5. The predicted molar refractivity (Wildman–Crippen MR) is 497 cm³/mol. The first-order valence-corrected chi connectivity index (χ1v) is 42.6. The monoisotopic (exact) mass is 1530 g/mol. The minimum Gasteiger partial charge on any atom is -0.494 e. The van der Waals surface area contributed by atoms with Gasteiger partial charge >= 0.3 is 0 Å². The van der Waals surface area contributed by atoms with E-state index in [-0.39, 0.29) is 0 Å². The van der Waals surface area contributed by atoms with Crippen LogP contribution in [0.2, 0.25) is 0 Å². The van der Waals surface area contributed by atoms with Crippen LogP contribution in [0, 0.1) is 0 Å². The zero-order valence-corrected chi connectivity index (χ0v) is 67.2. The Hall–Kier alpha value is -13.8. The highest BCUT2D eigenvalue weighted by Crippen LogP contribution is 2.65. The first-order chi connectivity index (χ1) is 58.9. The quantitative estimate of drug-likeness (QED) is 0.0456. The van der Waals surface area contributed by atoms with Gasteiger partial charge in [0.2, 0.25) is 0 Å². The third-order valence-electron chi connectivity index (χ3n) is 26.0. The van der Waals surface area contributed by atoms with Crippen molar-refractivity contribution < 1.29 is 9.47 Å². The highest BCUT2D eigenvalue weighted by Gasteiger charge is 2.53. The van der Waals surface area contributed by atoms with Gasteiger partial charge in [0.05, 0.1) is 18.6 Å². The van der Waals surface area contributed by atoms with Crippen LogP contribution in [0.4, 0.5) is 34.1 Å². The molecule has 0 aromatic heterocycles. The van der Waals surface area contributed by atoms with E-state index in [9.17, 15) is 0 Å². The molecule has 0 aliphatic heterocycles. The Morgan fingerprint density at radius 1 is 0.227 bits per heavy atom. The standard InChI is InChI=1S/C115H94N2O2/c1-3-81-49-65-95(66-50-81)118-75-31-7-5-29-73-113(87-37-17-11-18-38-87)105-45-25-21-41-97(105)101-69-61-91(77-109(101)113)116(89-57-53-85(54-58-89)83-33-13-9-14-34-83)93-63-71-103-99-43-23-27-47-107(99)115(111(103)79-93)108-48-28-24-44-100(108)104-72-64-94(80-112(104)115)117(90-59-55-86(56-60-90)84-35-15-10-16-36-84)92-62-70-102-98-42-22-26-46-106(98)114(110(102)78-92,88-39-19-12-20-40-88)74-30-6-8-32-76-119-96-67-51-82(4-2)52-68-96/h3-4,9-28,33-72,77-80H,1-2,5-8,29-32,73-76H2. The average Bonchev–Trinajstić information content (AvgIpc) is 1.51. The molecule has 0 fully saturated rings. The molecular weight excluding hydrogens is 1440 g/mol. The largest absolute Gasteiger partial charge is 0.494 e. The number of unbranched alkanes of at least 4 members (excludes halogenated alkanes) is 6. The number of anilines is 6. The summed E-state index contributed by atoms with van der Waals surface area (Å²) in [5.74, 6) is 1.81. The highest BCUT2D eigenvalue weighted by atomic mass is 16.5. The molecule has 16 aromatic carbocycles. The van der Waals surface area contributed by atoms with Crippen molar-refractivity contribution in [3.63, 3.8) is 0 Å². The lowest BCUT2D eigenvalue weighted by atomic mass is 9.69. The van der Waals surface area contributed by atoms with Crippen LogP contribution in [-0.4, -0.2) is 13.2 Å². The zero-order chi connectivity index (χ0) is 79.7. The van der Waals surface area contributed by atoms with E-state index in [1.165, 1.54) is 122 Å². The summed E-state index contributed by atoms with van der Waals surface area (Å²) in [6, 6.07) is 146. The summed E-state index contributed by atoms with van der Waals surface area (Å²) in [7, 11) is 0. The van der Waals surface area contributed by atoms with Crippen molar-refractivity contribution in [2.45, 2.75) is 80.5 Å². The smallest absolute Gasteiger partial charge is 0.119 e. The summed E-state index contributed by atoms with van der Waals surface area (Å²) in [6.07, 6.45) is 14.0. The molecule has 119 heavy (non-hydrogen) atoms. The maximum Gasteiger partial charge on any atom is 0.119 e. The molecule has 0 heterocycles. The van der Waals surface area contributed by atoms with Crippen LogP contribution in [0.3, 0.4) is 0 Å².